The van der Waals surface area contributed by atoms with Crippen LogP contribution in [-0.4, -0.2) is 34.8 Å². The van der Waals surface area contributed by atoms with Crippen molar-refractivity contribution in [3.05, 3.63) is 11.9 Å². The molecule has 112 valence electrons. The fourth-order valence-corrected chi connectivity index (χ4v) is 1.93. The largest absolute Gasteiger partial charge is 0.465 e. The lowest BCUT2D eigenvalue weighted by atomic mass is 10.5. The lowest BCUT2D eigenvalue weighted by Crippen LogP contribution is -2.14. The lowest BCUT2D eigenvalue weighted by molar-refractivity contribution is -0.145. The van der Waals surface area contributed by atoms with Crippen molar-refractivity contribution in [2.75, 3.05) is 24.2 Å². The Kier molecular flexibility index (Phi) is 6.05. The molecule has 0 saturated heterocycles. The van der Waals surface area contributed by atoms with Gasteiger partial charge in [-0.15, -0.1) is 0 Å². The van der Waals surface area contributed by atoms with Crippen molar-refractivity contribution in [2.24, 2.45) is 0 Å². The van der Waals surface area contributed by atoms with E-state index in [1.807, 2.05) is 0 Å². The number of alkyl halides is 3. The Morgan fingerprint density at radius 1 is 1.40 bits per heavy atom. The molecule has 20 heavy (non-hydrogen) atoms. The quantitative estimate of drug-likeness (QED) is 0.495. The van der Waals surface area contributed by atoms with Crippen LogP contribution in [-0.2, 0) is 15.7 Å². The van der Waals surface area contributed by atoms with Crippen molar-refractivity contribution >= 4 is 23.5 Å². The lowest BCUT2D eigenvalue weighted by Gasteiger charge is -2.10. The summed E-state index contributed by atoms with van der Waals surface area (Å²) in [5, 5.41) is 2.76. The van der Waals surface area contributed by atoms with Gasteiger partial charge in [-0.05, 0) is 13.8 Å². The minimum Gasteiger partial charge on any atom is -0.465 e. The Balaban J connectivity index is 2.89. The average molecular weight is 309 g/mol. The van der Waals surface area contributed by atoms with Gasteiger partial charge in [0, 0.05) is 12.6 Å². The first-order valence-corrected chi connectivity index (χ1v) is 6.84. The molecule has 1 aromatic heterocycles. The molecule has 0 aliphatic rings. The number of anilines is 1. The van der Waals surface area contributed by atoms with Crippen LogP contribution < -0.4 is 5.32 Å². The van der Waals surface area contributed by atoms with E-state index in [4.69, 9.17) is 4.74 Å². The summed E-state index contributed by atoms with van der Waals surface area (Å²) in [7, 11) is 0. The van der Waals surface area contributed by atoms with Crippen LogP contribution in [0.5, 0.6) is 0 Å². The monoisotopic (exact) mass is 309 g/mol. The maximum atomic E-state index is 12.7. The van der Waals surface area contributed by atoms with Gasteiger partial charge in [-0.3, -0.25) is 4.79 Å². The predicted molar refractivity (Wildman–Crippen MR) is 68.6 cm³/mol. The maximum Gasteiger partial charge on any atom is 0.451 e. The zero-order valence-corrected chi connectivity index (χ0v) is 11.8. The van der Waals surface area contributed by atoms with E-state index in [9.17, 15) is 18.0 Å². The number of aromatic nitrogens is 2. The van der Waals surface area contributed by atoms with Gasteiger partial charge in [0.25, 0.3) is 0 Å². The van der Waals surface area contributed by atoms with Crippen molar-refractivity contribution in [1.29, 1.82) is 0 Å². The van der Waals surface area contributed by atoms with E-state index in [1.165, 1.54) is 6.07 Å². The minimum absolute atomic E-state index is 0.0660. The van der Waals surface area contributed by atoms with Crippen LogP contribution in [0.1, 0.15) is 19.7 Å². The van der Waals surface area contributed by atoms with E-state index < -0.39 is 18.0 Å². The SMILES string of the molecule is CCNc1cc(SCC(=O)OCC)nc(C(F)(F)F)n1. The highest BCUT2D eigenvalue weighted by Gasteiger charge is 2.35. The molecule has 0 spiro atoms. The molecule has 0 radical (unpaired) electrons. The maximum absolute atomic E-state index is 12.7. The Hall–Kier alpha value is -1.51. The molecule has 0 fully saturated rings. The van der Waals surface area contributed by atoms with Gasteiger partial charge in [-0.2, -0.15) is 13.2 Å². The number of halogens is 3. The molecule has 1 aromatic rings. The normalized spacial score (nSPS) is 11.2. The highest BCUT2D eigenvalue weighted by molar-refractivity contribution is 7.99. The third kappa shape index (κ3) is 5.24. The number of hydrogen-bond acceptors (Lipinski definition) is 6. The number of nitrogens with zero attached hydrogens (tertiary/aromatic N) is 2. The molecule has 0 amide bonds. The highest BCUT2D eigenvalue weighted by Crippen LogP contribution is 2.29. The number of ether oxygens (including phenoxy) is 1. The zero-order chi connectivity index (χ0) is 15.2. The number of carbonyl (C=O) groups excluding carboxylic acids is 1. The second kappa shape index (κ2) is 7.32. The number of thioether (sulfide) groups is 1. The predicted octanol–water partition coefficient (Wildman–Crippen LogP) is 2.58. The summed E-state index contributed by atoms with van der Waals surface area (Å²) in [5.74, 6) is -1.77. The van der Waals surface area contributed by atoms with E-state index in [1.54, 1.807) is 13.8 Å². The Bertz CT molecular complexity index is 469. The van der Waals surface area contributed by atoms with Crippen molar-refractivity contribution < 1.29 is 22.7 Å². The van der Waals surface area contributed by atoms with Crippen molar-refractivity contribution in [1.82, 2.24) is 9.97 Å². The van der Waals surface area contributed by atoms with Gasteiger partial charge in [0.1, 0.15) is 10.8 Å². The molecule has 0 aliphatic carbocycles. The Labute approximate surface area is 118 Å². The van der Waals surface area contributed by atoms with Gasteiger partial charge < -0.3 is 10.1 Å². The molecule has 0 saturated carbocycles. The van der Waals surface area contributed by atoms with Crippen molar-refractivity contribution in [3.63, 3.8) is 0 Å². The van der Waals surface area contributed by atoms with Crippen LogP contribution in [0.3, 0.4) is 0 Å². The average Bonchev–Trinajstić information content (AvgIpc) is 2.36. The number of carbonyl (C=O) groups is 1. The minimum atomic E-state index is -4.63. The summed E-state index contributed by atoms with van der Waals surface area (Å²) in [4.78, 5) is 18.0. The van der Waals surface area contributed by atoms with Gasteiger partial charge in [-0.25, -0.2) is 9.97 Å². The van der Waals surface area contributed by atoms with Crippen molar-refractivity contribution in [3.8, 4) is 0 Å². The fraction of sp³-hybridized carbons (Fsp3) is 0.545. The summed E-state index contributed by atoms with van der Waals surface area (Å²) >= 11 is 0.873. The standard InChI is InChI=1S/C11H14F3N3O2S/c1-3-15-7-5-8(20-6-9(18)19-4-2)17-10(16-7)11(12,13)14/h5H,3-4,6H2,1-2H3,(H,15,16,17). The number of nitrogens with one attached hydrogen (secondary N) is 1. The molecular formula is C11H14F3N3O2S. The van der Waals surface area contributed by atoms with Gasteiger partial charge >= 0.3 is 12.1 Å². The van der Waals surface area contributed by atoms with E-state index in [0.29, 0.717) is 6.54 Å². The van der Waals surface area contributed by atoms with Gasteiger partial charge in [0.05, 0.1) is 12.4 Å². The zero-order valence-electron chi connectivity index (χ0n) is 11.0. The molecule has 0 unspecified atom stereocenters. The second-order valence-electron chi connectivity index (χ2n) is 3.54. The summed E-state index contributed by atoms with van der Waals surface area (Å²) in [6, 6.07) is 1.36. The smallest absolute Gasteiger partial charge is 0.451 e. The van der Waals surface area contributed by atoms with Crippen LogP contribution in [0.25, 0.3) is 0 Å². The topological polar surface area (TPSA) is 64.1 Å². The molecule has 0 aliphatic heterocycles. The summed E-state index contributed by atoms with van der Waals surface area (Å²) in [5.41, 5.74) is 0. The molecular weight excluding hydrogens is 295 g/mol. The Morgan fingerprint density at radius 2 is 2.10 bits per heavy atom. The summed E-state index contributed by atoms with van der Waals surface area (Å²) < 4.78 is 42.7. The first-order chi connectivity index (χ1) is 9.36. The molecule has 5 nitrogen and oxygen atoms in total. The van der Waals surface area contributed by atoms with Gasteiger partial charge in [0.15, 0.2) is 0 Å². The van der Waals surface area contributed by atoms with Crippen LogP contribution in [0.2, 0.25) is 0 Å². The molecule has 1 rings (SSSR count). The molecule has 0 atom stereocenters. The van der Waals surface area contributed by atoms with Gasteiger partial charge in [-0.1, -0.05) is 11.8 Å². The molecule has 0 bridgehead atoms. The summed E-state index contributed by atoms with van der Waals surface area (Å²) in [6.07, 6.45) is -4.63. The fourth-order valence-electron chi connectivity index (χ4n) is 1.23. The second-order valence-corrected chi connectivity index (χ2v) is 4.53. The van der Waals surface area contributed by atoms with E-state index in [-0.39, 0.29) is 23.2 Å². The van der Waals surface area contributed by atoms with E-state index in [0.717, 1.165) is 11.8 Å². The number of hydrogen-bond donors (Lipinski definition) is 1. The third-order valence-corrected chi connectivity index (χ3v) is 2.84. The molecule has 9 heteroatoms. The number of rotatable bonds is 6. The first-order valence-electron chi connectivity index (χ1n) is 5.85. The highest BCUT2D eigenvalue weighted by atomic mass is 32.2. The Morgan fingerprint density at radius 3 is 2.65 bits per heavy atom. The number of esters is 1. The molecule has 1 N–H and O–H groups in total. The molecule has 1 heterocycles. The van der Waals surface area contributed by atoms with E-state index >= 15 is 0 Å². The molecule has 0 aromatic carbocycles. The summed E-state index contributed by atoms with van der Waals surface area (Å²) in [6.45, 7) is 4.04. The van der Waals surface area contributed by atoms with Gasteiger partial charge in [0.2, 0.25) is 5.82 Å². The van der Waals surface area contributed by atoms with Crippen LogP contribution >= 0.6 is 11.8 Å². The van der Waals surface area contributed by atoms with Crippen LogP contribution in [0, 0.1) is 0 Å². The third-order valence-electron chi connectivity index (χ3n) is 1.96. The van der Waals surface area contributed by atoms with E-state index in [2.05, 4.69) is 15.3 Å². The van der Waals surface area contributed by atoms with Crippen LogP contribution in [0.4, 0.5) is 19.0 Å². The first kappa shape index (κ1) is 16.5. The van der Waals surface area contributed by atoms with Crippen LogP contribution in [0.15, 0.2) is 11.1 Å². The van der Waals surface area contributed by atoms with Crippen molar-refractivity contribution in [2.45, 2.75) is 25.0 Å².